The van der Waals surface area contributed by atoms with Gasteiger partial charge in [-0.3, -0.25) is 0 Å². The van der Waals surface area contributed by atoms with E-state index in [1.54, 1.807) is 25.3 Å². The van der Waals surface area contributed by atoms with Crippen LogP contribution in [0.25, 0.3) is 0 Å². The molecule has 1 atom stereocenters. The lowest BCUT2D eigenvalue weighted by Crippen LogP contribution is -2.25. The summed E-state index contributed by atoms with van der Waals surface area (Å²) in [7, 11) is 3.07. The first-order chi connectivity index (χ1) is 7.72. The van der Waals surface area contributed by atoms with Crippen LogP contribution in [0.1, 0.15) is 0 Å². The van der Waals surface area contributed by atoms with Crippen molar-refractivity contribution < 1.29 is 14.2 Å². The highest BCUT2D eigenvalue weighted by molar-refractivity contribution is 5.51. The molecule has 0 heterocycles. The van der Waals surface area contributed by atoms with Crippen molar-refractivity contribution in [2.24, 2.45) is 5.73 Å². The summed E-state index contributed by atoms with van der Waals surface area (Å²) in [5, 5.41) is 8.53. The maximum Gasteiger partial charge on any atom is 0.203 e. The number of nitrogens with two attached hydrogens (primary N) is 1. The molecule has 0 amide bonds. The maximum atomic E-state index is 8.53. The molecule has 1 aromatic rings. The molecule has 1 unspecified atom stereocenters. The first kappa shape index (κ1) is 12.1. The van der Waals surface area contributed by atoms with E-state index < -0.39 is 6.04 Å². The van der Waals surface area contributed by atoms with Gasteiger partial charge in [0.2, 0.25) is 5.75 Å². The number of para-hydroxylation sites is 1. The maximum absolute atomic E-state index is 8.53. The van der Waals surface area contributed by atoms with Crippen molar-refractivity contribution in [1.29, 1.82) is 5.26 Å². The quantitative estimate of drug-likeness (QED) is 0.802. The Balaban J connectivity index is 2.83. The first-order valence-corrected chi connectivity index (χ1v) is 4.72. The number of nitriles is 1. The normalized spacial score (nSPS) is 11.4. The Hall–Kier alpha value is -1.93. The van der Waals surface area contributed by atoms with Gasteiger partial charge in [-0.25, -0.2) is 0 Å². The van der Waals surface area contributed by atoms with Crippen LogP contribution in [0, 0.1) is 11.3 Å². The minimum atomic E-state index is -0.657. The number of ether oxygens (including phenoxy) is 3. The van der Waals surface area contributed by atoms with Crippen LogP contribution < -0.4 is 19.9 Å². The van der Waals surface area contributed by atoms with Crippen molar-refractivity contribution in [2.75, 3.05) is 20.8 Å². The van der Waals surface area contributed by atoms with Gasteiger partial charge in [0.1, 0.15) is 12.6 Å². The van der Waals surface area contributed by atoms with E-state index in [1.165, 1.54) is 7.11 Å². The second kappa shape index (κ2) is 5.83. The average Bonchev–Trinajstić information content (AvgIpc) is 2.34. The molecule has 0 aliphatic heterocycles. The van der Waals surface area contributed by atoms with Crippen LogP contribution in [-0.4, -0.2) is 26.9 Å². The fourth-order valence-corrected chi connectivity index (χ4v) is 1.19. The molecule has 0 fully saturated rings. The number of hydrogen-bond donors (Lipinski definition) is 1. The molecule has 5 heteroatoms. The summed E-state index contributed by atoms with van der Waals surface area (Å²) in [4.78, 5) is 0. The van der Waals surface area contributed by atoms with Crippen molar-refractivity contribution in [2.45, 2.75) is 6.04 Å². The van der Waals surface area contributed by atoms with Crippen LogP contribution in [0.15, 0.2) is 18.2 Å². The summed E-state index contributed by atoms with van der Waals surface area (Å²) in [6.07, 6.45) is 0. The van der Waals surface area contributed by atoms with Gasteiger partial charge in [-0.2, -0.15) is 5.26 Å². The number of hydrogen-bond acceptors (Lipinski definition) is 5. The average molecular weight is 222 g/mol. The van der Waals surface area contributed by atoms with Crippen LogP contribution in [0.4, 0.5) is 0 Å². The smallest absolute Gasteiger partial charge is 0.203 e. The SMILES string of the molecule is COc1cccc(OCC(N)C#N)c1OC. The molecule has 0 aromatic heterocycles. The van der Waals surface area contributed by atoms with Gasteiger partial charge in [0.05, 0.1) is 20.3 Å². The second-order valence-electron chi connectivity index (χ2n) is 3.04. The third-order valence-corrected chi connectivity index (χ3v) is 1.95. The van der Waals surface area contributed by atoms with Crippen LogP contribution in [0.5, 0.6) is 17.2 Å². The van der Waals surface area contributed by atoms with Gasteiger partial charge in [-0.1, -0.05) is 6.07 Å². The standard InChI is InChI=1S/C11H14N2O3/c1-14-9-4-3-5-10(11(9)15-2)16-7-8(13)6-12/h3-5,8H,7,13H2,1-2H3. The van der Waals surface area contributed by atoms with Crippen molar-refractivity contribution in [3.05, 3.63) is 18.2 Å². The fourth-order valence-electron chi connectivity index (χ4n) is 1.19. The van der Waals surface area contributed by atoms with Crippen molar-refractivity contribution >= 4 is 0 Å². The molecule has 0 saturated carbocycles. The molecule has 0 bridgehead atoms. The molecule has 16 heavy (non-hydrogen) atoms. The Labute approximate surface area is 94.3 Å². The number of benzene rings is 1. The van der Waals surface area contributed by atoms with Crippen molar-refractivity contribution in [1.82, 2.24) is 0 Å². The summed E-state index contributed by atoms with van der Waals surface area (Å²) in [6.45, 7) is 0.111. The molecule has 0 aliphatic rings. The monoisotopic (exact) mass is 222 g/mol. The Morgan fingerprint density at radius 3 is 2.56 bits per heavy atom. The molecule has 86 valence electrons. The van der Waals surface area contributed by atoms with Crippen LogP contribution in [-0.2, 0) is 0 Å². The van der Waals surface area contributed by atoms with Gasteiger partial charge in [0.25, 0.3) is 0 Å². The summed E-state index contributed by atoms with van der Waals surface area (Å²) >= 11 is 0. The van der Waals surface area contributed by atoms with E-state index in [4.69, 9.17) is 25.2 Å². The van der Waals surface area contributed by atoms with Crippen molar-refractivity contribution in [3.63, 3.8) is 0 Å². The summed E-state index contributed by atoms with van der Waals surface area (Å²) < 4.78 is 15.6. The summed E-state index contributed by atoms with van der Waals surface area (Å²) in [6, 6.07) is 6.49. The highest BCUT2D eigenvalue weighted by atomic mass is 16.5. The Morgan fingerprint density at radius 2 is 2.00 bits per heavy atom. The van der Waals surface area contributed by atoms with E-state index in [-0.39, 0.29) is 6.61 Å². The first-order valence-electron chi connectivity index (χ1n) is 4.72. The molecule has 2 N–H and O–H groups in total. The lowest BCUT2D eigenvalue weighted by molar-refractivity contribution is 0.278. The second-order valence-corrected chi connectivity index (χ2v) is 3.04. The Morgan fingerprint density at radius 1 is 1.31 bits per heavy atom. The molecule has 1 aromatic carbocycles. The molecule has 5 nitrogen and oxygen atoms in total. The number of methoxy groups -OCH3 is 2. The fraction of sp³-hybridized carbons (Fsp3) is 0.364. The van der Waals surface area contributed by atoms with Gasteiger partial charge in [-0.05, 0) is 12.1 Å². The third kappa shape index (κ3) is 2.78. The highest BCUT2D eigenvalue weighted by Gasteiger charge is 2.11. The van der Waals surface area contributed by atoms with E-state index in [0.717, 1.165) is 0 Å². The summed E-state index contributed by atoms with van der Waals surface area (Å²) in [5.41, 5.74) is 5.42. The lowest BCUT2D eigenvalue weighted by Gasteiger charge is -2.13. The largest absolute Gasteiger partial charge is 0.493 e. The molecular formula is C11H14N2O3. The van der Waals surface area contributed by atoms with Gasteiger partial charge in [-0.15, -0.1) is 0 Å². The highest BCUT2D eigenvalue weighted by Crippen LogP contribution is 2.36. The molecule has 0 spiro atoms. The minimum Gasteiger partial charge on any atom is -0.493 e. The lowest BCUT2D eigenvalue weighted by atomic mass is 10.3. The molecule has 0 aliphatic carbocycles. The van der Waals surface area contributed by atoms with Crippen LogP contribution in [0.3, 0.4) is 0 Å². The Kier molecular flexibility index (Phi) is 4.42. The van der Waals surface area contributed by atoms with Gasteiger partial charge in [0, 0.05) is 0 Å². The zero-order valence-corrected chi connectivity index (χ0v) is 9.27. The summed E-state index contributed by atoms with van der Waals surface area (Å²) in [5.74, 6) is 1.58. The van der Waals surface area contributed by atoms with E-state index in [0.29, 0.717) is 17.2 Å². The van der Waals surface area contributed by atoms with Gasteiger partial charge < -0.3 is 19.9 Å². The minimum absolute atomic E-state index is 0.111. The molecule has 0 saturated heterocycles. The topological polar surface area (TPSA) is 77.5 Å². The third-order valence-electron chi connectivity index (χ3n) is 1.95. The molecule has 0 radical (unpaired) electrons. The van der Waals surface area contributed by atoms with Gasteiger partial charge >= 0.3 is 0 Å². The Bertz CT molecular complexity index is 387. The molecular weight excluding hydrogens is 208 g/mol. The molecule has 1 rings (SSSR count). The van der Waals surface area contributed by atoms with Gasteiger partial charge in [0.15, 0.2) is 11.5 Å². The van der Waals surface area contributed by atoms with Crippen molar-refractivity contribution in [3.8, 4) is 23.3 Å². The van der Waals surface area contributed by atoms with Crippen LogP contribution >= 0.6 is 0 Å². The van der Waals surface area contributed by atoms with E-state index >= 15 is 0 Å². The zero-order valence-electron chi connectivity index (χ0n) is 9.27. The predicted octanol–water partition coefficient (Wildman–Crippen LogP) is 0.933. The number of rotatable bonds is 5. The van der Waals surface area contributed by atoms with E-state index in [2.05, 4.69) is 0 Å². The van der Waals surface area contributed by atoms with E-state index in [9.17, 15) is 0 Å². The van der Waals surface area contributed by atoms with E-state index in [1.807, 2.05) is 6.07 Å². The number of nitrogens with zero attached hydrogens (tertiary/aromatic N) is 1. The van der Waals surface area contributed by atoms with Crippen LogP contribution in [0.2, 0.25) is 0 Å². The predicted molar refractivity (Wildman–Crippen MR) is 58.6 cm³/mol. The zero-order chi connectivity index (χ0) is 12.0.